The SMILES string of the molecule is COc1ccc(F)cc1C(=O)c1ccnn1C. The highest BCUT2D eigenvalue weighted by Gasteiger charge is 2.17. The zero-order chi connectivity index (χ0) is 12.4. The van der Waals surface area contributed by atoms with Gasteiger partial charge in [0.1, 0.15) is 17.3 Å². The number of aryl methyl sites for hydroxylation is 1. The van der Waals surface area contributed by atoms with E-state index in [0.29, 0.717) is 11.4 Å². The van der Waals surface area contributed by atoms with Crippen molar-refractivity contribution >= 4 is 5.78 Å². The van der Waals surface area contributed by atoms with Gasteiger partial charge < -0.3 is 4.74 Å². The number of hydrogen-bond donors (Lipinski definition) is 0. The molecule has 1 heterocycles. The van der Waals surface area contributed by atoms with Crippen molar-refractivity contribution in [3.63, 3.8) is 0 Å². The molecule has 2 aromatic rings. The first-order chi connectivity index (χ1) is 8.13. The first-order valence-corrected chi connectivity index (χ1v) is 4.99. The Morgan fingerprint density at radius 3 is 2.76 bits per heavy atom. The lowest BCUT2D eigenvalue weighted by Crippen LogP contribution is -2.10. The largest absolute Gasteiger partial charge is 0.496 e. The maximum absolute atomic E-state index is 13.2. The minimum absolute atomic E-state index is 0.191. The summed E-state index contributed by atoms with van der Waals surface area (Å²) in [5.41, 5.74) is 0.574. The van der Waals surface area contributed by atoms with E-state index in [0.717, 1.165) is 6.07 Å². The summed E-state index contributed by atoms with van der Waals surface area (Å²) in [6.07, 6.45) is 1.51. The van der Waals surface area contributed by atoms with Crippen LogP contribution in [0.1, 0.15) is 16.1 Å². The molecule has 0 radical (unpaired) electrons. The van der Waals surface area contributed by atoms with Crippen LogP contribution in [0.2, 0.25) is 0 Å². The highest BCUT2D eigenvalue weighted by molar-refractivity contribution is 6.09. The molecule has 0 aliphatic heterocycles. The molecular formula is C12H11FN2O2. The first-order valence-electron chi connectivity index (χ1n) is 4.99. The zero-order valence-corrected chi connectivity index (χ0v) is 9.48. The van der Waals surface area contributed by atoms with E-state index in [4.69, 9.17) is 4.74 Å². The molecule has 0 atom stereocenters. The van der Waals surface area contributed by atoms with Crippen LogP contribution in [0.15, 0.2) is 30.5 Å². The van der Waals surface area contributed by atoms with Crippen LogP contribution in [-0.4, -0.2) is 22.7 Å². The van der Waals surface area contributed by atoms with Crippen LogP contribution < -0.4 is 4.74 Å². The normalized spacial score (nSPS) is 10.3. The molecule has 4 nitrogen and oxygen atoms in total. The van der Waals surface area contributed by atoms with E-state index in [1.807, 2.05) is 0 Å². The fraction of sp³-hybridized carbons (Fsp3) is 0.167. The van der Waals surface area contributed by atoms with Gasteiger partial charge in [-0.05, 0) is 24.3 Å². The highest BCUT2D eigenvalue weighted by atomic mass is 19.1. The van der Waals surface area contributed by atoms with E-state index in [1.54, 1.807) is 13.1 Å². The van der Waals surface area contributed by atoms with Crippen molar-refractivity contribution < 1.29 is 13.9 Å². The van der Waals surface area contributed by atoms with Gasteiger partial charge in [0.05, 0.1) is 12.7 Å². The molecule has 0 saturated heterocycles. The molecule has 0 saturated carbocycles. The van der Waals surface area contributed by atoms with Gasteiger partial charge in [0.2, 0.25) is 5.78 Å². The summed E-state index contributed by atoms with van der Waals surface area (Å²) < 4.78 is 19.6. The molecule has 88 valence electrons. The van der Waals surface area contributed by atoms with Crippen molar-refractivity contribution in [3.8, 4) is 5.75 Å². The van der Waals surface area contributed by atoms with E-state index in [1.165, 1.54) is 30.1 Å². The van der Waals surface area contributed by atoms with Crippen molar-refractivity contribution in [1.82, 2.24) is 9.78 Å². The number of nitrogens with zero attached hydrogens (tertiary/aromatic N) is 2. The summed E-state index contributed by atoms with van der Waals surface area (Å²) in [5, 5.41) is 3.90. The Kier molecular flexibility index (Phi) is 2.91. The number of rotatable bonds is 3. The Morgan fingerprint density at radius 2 is 2.18 bits per heavy atom. The summed E-state index contributed by atoms with van der Waals surface area (Å²) in [6, 6.07) is 5.42. The van der Waals surface area contributed by atoms with Crippen molar-refractivity contribution in [2.45, 2.75) is 0 Å². The molecule has 0 bridgehead atoms. The number of methoxy groups -OCH3 is 1. The number of halogens is 1. The summed E-state index contributed by atoms with van der Waals surface area (Å²) in [6.45, 7) is 0. The fourth-order valence-electron chi connectivity index (χ4n) is 1.59. The third-order valence-electron chi connectivity index (χ3n) is 2.46. The predicted molar refractivity (Wildman–Crippen MR) is 59.6 cm³/mol. The van der Waals surface area contributed by atoms with Gasteiger partial charge in [-0.15, -0.1) is 0 Å². The Morgan fingerprint density at radius 1 is 1.41 bits per heavy atom. The smallest absolute Gasteiger partial charge is 0.214 e. The molecule has 5 heteroatoms. The van der Waals surface area contributed by atoms with E-state index in [-0.39, 0.29) is 11.3 Å². The van der Waals surface area contributed by atoms with Crippen LogP contribution in [0.4, 0.5) is 4.39 Å². The predicted octanol–water partition coefficient (Wildman–Crippen LogP) is 1.80. The number of ether oxygens (including phenoxy) is 1. The number of aromatic nitrogens is 2. The third kappa shape index (κ3) is 2.04. The molecule has 0 aliphatic carbocycles. The van der Waals surface area contributed by atoms with Gasteiger partial charge in [-0.1, -0.05) is 0 Å². The molecule has 1 aromatic carbocycles. The molecule has 0 unspecified atom stereocenters. The molecule has 1 aromatic heterocycles. The van der Waals surface area contributed by atoms with Crippen molar-refractivity contribution in [2.75, 3.05) is 7.11 Å². The van der Waals surface area contributed by atoms with Crippen molar-refractivity contribution in [2.24, 2.45) is 7.05 Å². The number of ketones is 1. The highest BCUT2D eigenvalue weighted by Crippen LogP contribution is 2.22. The second-order valence-corrected chi connectivity index (χ2v) is 3.51. The molecule has 0 spiro atoms. The summed E-state index contributed by atoms with van der Waals surface area (Å²) >= 11 is 0. The Balaban J connectivity index is 2.50. The van der Waals surface area contributed by atoms with Crippen LogP contribution in [0.3, 0.4) is 0 Å². The number of benzene rings is 1. The Bertz CT molecular complexity index is 563. The summed E-state index contributed by atoms with van der Waals surface area (Å²) in [7, 11) is 3.09. The molecule has 0 aliphatic rings. The first kappa shape index (κ1) is 11.3. The second kappa shape index (κ2) is 4.37. The van der Waals surface area contributed by atoms with Crippen LogP contribution in [-0.2, 0) is 7.05 Å². The maximum Gasteiger partial charge on any atom is 0.214 e. The van der Waals surface area contributed by atoms with Gasteiger partial charge in [0, 0.05) is 13.2 Å². The van der Waals surface area contributed by atoms with E-state index < -0.39 is 5.82 Å². The number of hydrogen-bond acceptors (Lipinski definition) is 3. The van der Waals surface area contributed by atoms with Crippen LogP contribution in [0.25, 0.3) is 0 Å². The number of carbonyl (C=O) groups excluding carboxylic acids is 1. The van der Waals surface area contributed by atoms with Gasteiger partial charge in [0.25, 0.3) is 0 Å². The van der Waals surface area contributed by atoms with Crippen molar-refractivity contribution in [3.05, 3.63) is 47.5 Å². The molecule has 17 heavy (non-hydrogen) atoms. The van der Waals surface area contributed by atoms with E-state index in [2.05, 4.69) is 5.10 Å². The fourth-order valence-corrected chi connectivity index (χ4v) is 1.59. The second-order valence-electron chi connectivity index (χ2n) is 3.51. The topological polar surface area (TPSA) is 44.1 Å². The van der Waals surface area contributed by atoms with Crippen molar-refractivity contribution in [1.29, 1.82) is 0 Å². The van der Waals surface area contributed by atoms with E-state index >= 15 is 0 Å². The lowest BCUT2D eigenvalue weighted by atomic mass is 10.1. The molecule has 0 amide bonds. The summed E-state index contributed by atoms with van der Waals surface area (Å²) in [4.78, 5) is 12.2. The quantitative estimate of drug-likeness (QED) is 0.760. The lowest BCUT2D eigenvalue weighted by molar-refractivity contribution is 0.102. The Labute approximate surface area is 97.6 Å². The monoisotopic (exact) mass is 234 g/mol. The zero-order valence-electron chi connectivity index (χ0n) is 9.48. The molecule has 0 fully saturated rings. The van der Waals surface area contributed by atoms with Gasteiger partial charge in [-0.2, -0.15) is 5.10 Å². The van der Waals surface area contributed by atoms with Gasteiger partial charge in [-0.3, -0.25) is 9.48 Å². The molecular weight excluding hydrogens is 223 g/mol. The molecule has 0 N–H and O–H groups in total. The maximum atomic E-state index is 13.2. The minimum atomic E-state index is -0.476. The van der Waals surface area contributed by atoms with Crippen LogP contribution in [0.5, 0.6) is 5.75 Å². The van der Waals surface area contributed by atoms with Gasteiger partial charge >= 0.3 is 0 Å². The average Bonchev–Trinajstić information content (AvgIpc) is 2.74. The average molecular weight is 234 g/mol. The lowest BCUT2D eigenvalue weighted by Gasteiger charge is -2.07. The van der Waals surface area contributed by atoms with Gasteiger partial charge in [0.15, 0.2) is 0 Å². The third-order valence-corrected chi connectivity index (χ3v) is 2.46. The summed E-state index contributed by atoms with van der Waals surface area (Å²) in [5.74, 6) is -0.449. The van der Waals surface area contributed by atoms with Crippen LogP contribution >= 0.6 is 0 Å². The van der Waals surface area contributed by atoms with Crippen LogP contribution in [0, 0.1) is 5.82 Å². The van der Waals surface area contributed by atoms with Gasteiger partial charge in [-0.25, -0.2) is 4.39 Å². The Hall–Kier alpha value is -2.17. The standard InChI is InChI=1S/C12H11FN2O2/c1-15-10(5-6-14-15)12(16)9-7-8(13)3-4-11(9)17-2/h3-7H,1-2H3. The van der Waals surface area contributed by atoms with E-state index in [9.17, 15) is 9.18 Å². The minimum Gasteiger partial charge on any atom is -0.496 e. The molecule has 2 rings (SSSR count). The number of carbonyl (C=O) groups is 1.